The molecule has 4 aliphatic rings. The molecule has 3 fully saturated rings. The summed E-state index contributed by atoms with van der Waals surface area (Å²) < 4.78 is 0. The van der Waals surface area contributed by atoms with Gasteiger partial charge in [-0.2, -0.15) is 0 Å². The molecule has 1 heterocycles. The largest absolute Gasteiger partial charge is 0.507 e. The van der Waals surface area contributed by atoms with Crippen molar-refractivity contribution in [2.24, 2.45) is 34.3 Å². The number of phenolic OH excluding ortho intramolecular Hbond substituents is 1. The number of amides is 1. The van der Waals surface area contributed by atoms with Crippen LogP contribution in [0.15, 0.2) is 18.2 Å². The van der Waals surface area contributed by atoms with Gasteiger partial charge in [0.1, 0.15) is 11.5 Å². The molecular weight excluding hydrogens is 554 g/mol. The van der Waals surface area contributed by atoms with Gasteiger partial charge in [0.05, 0.1) is 17.5 Å². The molecule has 1 aromatic carbocycles. The topological polar surface area (TPSA) is 175 Å². The lowest BCUT2D eigenvalue weighted by Gasteiger charge is -2.67. The zero-order valence-electron chi connectivity index (χ0n) is 25.4. The van der Waals surface area contributed by atoms with E-state index in [0.29, 0.717) is 12.1 Å². The van der Waals surface area contributed by atoms with E-state index < -0.39 is 75.2 Å². The maximum Gasteiger partial charge on any atom is 0.235 e. The molecule has 43 heavy (non-hydrogen) atoms. The standard InChI is InChI=1S/C32H41N3O8/c1-16-18-9-8-10-19(37)21(18)24(38)23-28(41)32(43)27(40)22(29(33)42)25(39)26(34(4)5)31(32,3)20(30(16,23)2)15-17(36)11-14-35-12-6-7-13-35/h8-10,16,20,22-23,26,37,43H,6-7,11-15H2,1-5H3,(H2,33,42)/t16-,20-,22?,23?,26+,30-,31-,32+/m0/s1. The summed E-state index contributed by atoms with van der Waals surface area (Å²) in [6, 6.07) is 3.24. The van der Waals surface area contributed by atoms with Crippen LogP contribution in [0, 0.1) is 28.6 Å². The molecular formula is C32H41N3O8. The molecule has 2 saturated carbocycles. The first-order chi connectivity index (χ1) is 20.1. The van der Waals surface area contributed by atoms with Crippen LogP contribution in [-0.4, -0.2) is 100 Å². The van der Waals surface area contributed by atoms with Crippen LogP contribution in [0.3, 0.4) is 0 Å². The quantitative estimate of drug-likeness (QED) is 0.384. The fourth-order valence-electron chi connectivity index (χ4n) is 9.15. The number of ketones is 5. The van der Waals surface area contributed by atoms with Gasteiger partial charge in [0.25, 0.3) is 0 Å². The predicted molar refractivity (Wildman–Crippen MR) is 154 cm³/mol. The van der Waals surface area contributed by atoms with Crippen LogP contribution in [-0.2, 0) is 24.0 Å². The minimum Gasteiger partial charge on any atom is -0.507 e. The molecule has 0 spiro atoms. The number of likely N-dealkylation sites (tertiary alicyclic amines) is 1. The van der Waals surface area contributed by atoms with Gasteiger partial charge in [0.15, 0.2) is 34.7 Å². The van der Waals surface area contributed by atoms with Crippen LogP contribution in [0.25, 0.3) is 0 Å². The number of aliphatic hydroxyl groups is 1. The van der Waals surface area contributed by atoms with E-state index in [2.05, 4.69) is 4.90 Å². The van der Waals surface area contributed by atoms with Crippen LogP contribution in [0.5, 0.6) is 5.75 Å². The number of phenols is 1. The molecule has 0 bridgehead atoms. The van der Waals surface area contributed by atoms with E-state index in [1.807, 2.05) is 0 Å². The summed E-state index contributed by atoms with van der Waals surface area (Å²) in [5, 5.41) is 23.2. The van der Waals surface area contributed by atoms with Crippen LogP contribution in [0.1, 0.15) is 68.3 Å². The summed E-state index contributed by atoms with van der Waals surface area (Å²) in [5.41, 5.74) is -0.350. The highest BCUT2D eigenvalue weighted by molar-refractivity contribution is 6.33. The first-order valence-electron chi connectivity index (χ1n) is 15.0. The smallest absolute Gasteiger partial charge is 0.235 e. The Balaban J connectivity index is 1.76. The van der Waals surface area contributed by atoms with Crippen molar-refractivity contribution in [1.82, 2.24) is 9.80 Å². The highest BCUT2D eigenvalue weighted by atomic mass is 16.3. The lowest BCUT2D eigenvalue weighted by atomic mass is 9.35. The molecule has 3 aliphatic carbocycles. The molecule has 4 N–H and O–H groups in total. The number of nitrogens with two attached hydrogens (primary N) is 1. The van der Waals surface area contributed by atoms with E-state index in [1.54, 1.807) is 26.0 Å². The van der Waals surface area contributed by atoms with E-state index in [9.17, 15) is 39.0 Å². The van der Waals surface area contributed by atoms with Crippen molar-refractivity contribution in [1.29, 1.82) is 0 Å². The second-order valence-electron chi connectivity index (χ2n) is 13.5. The number of aromatic hydroxyl groups is 1. The first-order valence-corrected chi connectivity index (χ1v) is 15.0. The molecule has 1 aliphatic heterocycles. The summed E-state index contributed by atoms with van der Waals surface area (Å²) in [5.74, 6) is -11.4. The van der Waals surface area contributed by atoms with Crippen LogP contribution >= 0.6 is 0 Å². The van der Waals surface area contributed by atoms with Crippen LogP contribution < -0.4 is 5.73 Å². The molecule has 1 aromatic rings. The van der Waals surface area contributed by atoms with Gasteiger partial charge in [-0.05, 0) is 68.9 Å². The number of primary amides is 1. The van der Waals surface area contributed by atoms with E-state index in [4.69, 9.17) is 5.73 Å². The predicted octanol–water partition coefficient (Wildman–Crippen LogP) is 0.879. The summed E-state index contributed by atoms with van der Waals surface area (Å²) in [6.07, 6.45) is 2.06. The van der Waals surface area contributed by atoms with Gasteiger partial charge in [-0.25, -0.2) is 0 Å². The Morgan fingerprint density at radius 1 is 1.07 bits per heavy atom. The molecule has 1 amide bonds. The molecule has 1 saturated heterocycles. The molecule has 11 nitrogen and oxygen atoms in total. The number of benzene rings is 1. The van der Waals surface area contributed by atoms with E-state index in [-0.39, 0.29) is 29.9 Å². The molecule has 232 valence electrons. The third-order valence-electron chi connectivity index (χ3n) is 11.4. The first kappa shape index (κ1) is 31.2. The Hall–Kier alpha value is -3.28. The molecule has 5 rings (SSSR count). The van der Waals surface area contributed by atoms with Gasteiger partial charge < -0.3 is 20.8 Å². The maximum atomic E-state index is 14.6. The number of carbonyl (C=O) groups excluding carboxylic acids is 6. The highest BCUT2D eigenvalue weighted by Gasteiger charge is 2.80. The normalized spacial score (nSPS) is 37.7. The van der Waals surface area contributed by atoms with Crippen molar-refractivity contribution in [2.45, 2.75) is 64.0 Å². The number of hydrogen-bond donors (Lipinski definition) is 3. The summed E-state index contributed by atoms with van der Waals surface area (Å²) >= 11 is 0. The number of nitrogens with zero attached hydrogens (tertiary/aromatic N) is 2. The summed E-state index contributed by atoms with van der Waals surface area (Å²) in [6.45, 7) is 7.25. The Morgan fingerprint density at radius 3 is 2.28 bits per heavy atom. The number of rotatable bonds is 7. The average Bonchev–Trinajstić information content (AvgIpc) is 3.45. The second kappa shape index (κ2) is 10.4. The molecule has 11 heteroatoms. The number of likely N-dealkylation sites (N-methyl/N-ethyl adjacent to an activating group) is 1. The SMILES string of the molecule is C[C@H]1c2cccc(O)c2C(=O)C2C(=O)[C@]3(O)C(=O)C(C(N)=O)C(=O)[C@@H](N(C)C)[C@]3(C)[C@@H](CC(=O)CCN3CCCC3)[C@@]21C. The number of Topliss-reactive ketones (excluding diaryl/α,β-unsaturated/α-hetero) is 5. The molecule has 0 aromatic heterocycles. The summed E-state index contributed by atoms with van der Waals surface area (Å²) in [4.78, 5) is 86.8. The van der Waals surface area contributed by atoms with E-state index >= 15 is 0 Å². The van der Waals surface area contributed by atoms with Gasteiger partial charge in [-0.3, -0.25) is 33.7 Å². The van der Waals surface area contributed by atoms with Crippen molar-refractivity contribution >= 4 is 34.8 Å². The van der Waals surface area contributed by atoms with Crippen molar-refractivity contribution in [3.05, 3.63) is 29.3 Å². The van der Waals surface area contributed by atoms with Crippen molar-refractivity contribution in [3.63, 3.8) is 0 Å². The Bertz CT molecular complexity index is 1430. The fraction of sp³-hybridized carbons (Fsp3) is 0.625. The highest BCUT2D eigenvalue weighted by Crippen LogP contribution is 2.68. The second-order valence-corrected chi connectivity index (χ2v) is 13.5. The van der Waals surface area contributed by atoms with Crippen LogP contribution in [0.4, 0.5) is 0 Å². The van der Waals surface area contributed by atoms with Gasteiger partial charge in [-0.1, -0.05) is 32.9 Å². The minimum atomic E-state index is -2.99. The van der Waals surface area contributed by atoms with Crippen LogP contribution in [0.2, 0.25) is 0 Å². The lowest BCUT2D eigenvalue weighted by Crippen LogP contribution is -2.83. The van der Waals surface area contributed by atoms with Gasteiger partial charge in [0.2, 0.25) is 5.91 Å². The lowest BCUT2D eigenvalue weighted by molar-refractivity contribution is -0.222. The number of hydrogen-bond acceptors (Lipinski definition) is 10. The van der Waals surface area contributed by atoms with E-state index in [1.165, 1.54) is 32.0 Å². The van der Waals surface area contributed by atoms with Gasteiger partial charge in [-0.15, -0.1) is 0 Å². The Morgan fingerprint density at radius 2 is 1.70 bits per heavy atom. The molecule has 8 atom stereocenters. The minimum absolute atomic E-state index is 0.0768. The molecule has 0 radical (unpaired) electrons. The average molecular weight is 596 g/mol. The number of fused-ring (bicyclic) bond motifs is 3. The third-order valence-corrected chi connectivity index (χ3v) is 11.4. The van der Waals surface area contributed by atoms with Gasteiger partial charge in [0, 0.05) is 24.8 Å². The zero-order valence-corrected chi connectivity index (χ0v) is 25.4. The fourth-order valence-corrected chi connectivity index (χ4v) is 9.15. The van der Waals surface area contributed by atoms with Crippen molar-refractivity contribution in [2.75, 3.05) is 33.7 Å². The molecule has 2 unspecified atom stereocenters. The third kappa shape index (κ3) is 4.04. The maximum absolute atomic E-state index is 14.6. The number of carbonyl (C=O) groups is 6. The Labute approximate surface area is 250 Å². The van der Waals surface area contributed by atoms with Crippen molar-refractivity contribution in [3.8, 4) is 5.75 Å². The zero-order chi connectivity index (χ0) is 31.8. The van der Waals surface area contributed by atoms with Crippen molar-refractivity contribution < 1.29 is 39.0 Å². The van der Waals surface area contributed by atoms with Gasteiger partial charge >= 0.3 is 0 Å². The van der Waals surface area contributed by atoms with E-state index in [0.717, 1.165) is 25.9 Å². The summed E-state index contributed by atoms with van der Waals surface area (Å²) in [7, 11) is 3.08. The Kier molecular flexibility index (Phi) is 7.55. The monoisotopic (exact) mass is 595 g/mol.